The first-order valence-electron chi connectivity index (χ1n) is 8.68. The lowest BCUT2D eigenvalue weighted by molar-refractivity contribution is 0.110. The molecular formula is C21H26Cl2N2. The van der Waals surface area contributed by atoms with Crippen LogP contribution < -0.4 is 5.32 Å². The smallest absolute Gasteiger partial charge is 0.0649 e. The fraction of sp³-hybridized carbons (Fsp3) is 0.333. The predicted molar refractivity (Wildman–Crippen MR) is 111 cm³/mol. The molecule has 0 saturated carbocycles. The van der Waals surface area contributed by atoms with Crippen LogP contribution in [0.2, 0.25) is 0 Å². The molecule has 2 aromatic rings. The van der Waals surface area contributed by atoms with E-state index in [0.717, 1.165) is 26.2 Å². The molecule has 1 unspecified atom stereocenters. The summed E-state index contributed by atoms with van der Waals surface area (Å²) in [4.78, 5) is 2.66. The zero-order valence-corrected chi connectivity index (χ0v) is 16.0. The van der Waals surface area contributed by atoms with Crippen LogP contribution in [0.15, 0.2) is 66.7 Å². The molecule has 1 aliphatic carbocycles. The van der Waals surface area contributed by atoms with Crippen molar-refractivity contribution in [1.82, 2.24) is 10.2 Å². The van der Waals surface area contributed by atoms with Gasteiger partial charge in [-0.15, -0.1) is 24.8 Å². The van der Waals surface area contributed by atoms with Crippen molar-refractivity contribution in [3.8, 4) is 11.1 Å². The van der Waals surface area contributed by atoms with E-state index in [1.807, 2.05) is 0 Å². The normalized spacial score (nSPS) is 22.9. The zero-order valence-electron chi connectivity index (χ0n) is 14.4. The zero-order chi connectivity index (χ0) is 15.5. The van der Waals surface area contributed by atoms with Crippen molar-refractivity contribution in [1.29, 1.82) is 0 Å². The first kappa shape index (κ1) is 20.0. The average molecular weight is 377 g/mol. The molecule has 1 saturated heterocycles. The van der Waals surface area contributed by atoms with Gasteiger partial charge in [-0.1, -0.05) is 60.7 Å². The van der Waals surface area contributed by atoms with Gasteiger partial charge in [-0.25, -0.2) is 0 Å². The van der Waals surface area contributed by atoms with E-state index in [2.05, 4.69) is 77.0 Å². The van der Waals surface area contributed by atoms with E-state index in [1.54, 1.807) is 0 Å². The van der Waals surface area contributed by atoms with Crippen molar-refractivity contribution in [2.45, 2.75) is 18.4 Å². The van der Waals surface area contributed by atoms with Crippen LogP contribution in [0.3, 0.4) is 0 Å². The minimum atomic E-state index is 0. The Bertz CT molecular complexity index is 696. The number of hydrogen-bond acceptors (Lipinski definition) is 2. The lowest BCUT2D eigenvalue weighted by Crippen LogP contribution is -2.52. The monoisotopic (exact) mass is 376 g/mol. The fourth-order valence-corrected chi connectivity index (χ4v) is 4.01. The van der Waals surface area contributed by atoms with Crippen molar-refractivity contribution in [2.75, 3.05) is 26.2 Å². The third-order valence-corrected chi connectivity index (χ3v) is 5.24. The van der Waals surface area contributed by atoms with Crippen LogP contribution in [-0.2, 0) is 5.54 Å². The van der Waals surface area contributed by atoms with Gasteiger partial charge in [-0.3, -0.25) is 4.90 Å². The van der Waals surface area contributed by atoms with E-state index >= 15 is 0 Å². The molecule has 2 nitrogen and oxygen atoms in total. The van der Waals surface area contributed by atoms with Gasteiger partial charge < -0.3 is 5.32 Å². The summed E-state index contributed by atoms with van der Waals surface area (Å²) in [6.07, 6.45) is 7.18. The van der Waals surface area contributed by atoms with Crippen LogP contribution >= 0.6 is 24.8 Å². The van der Waals surface area contributed by atoms with E-state index in [9.17, 15) is 0 Å². The molecule has 0 radical (unpaired) electrons. The van der Waals surface area contributed by atoms with Crippen LogP contribution in [0.1, 0.15) is 18.4 Å². The summed E-state index contributed by atoms with van der Waals surface area (Å²) in [6.45, 7) is 4.43. The molecule has 2 aliphatic rings. The maximum Gasteiger partial charge on any atom is 0.0649 e. The van der Waals surface area contributed by atoms with Crippen molar-refractivity contribution < 1.29 is 0 Å². The maximum atomic E-state index is 3.48. The van der Waals surface area contributed by atoms with Gasteiger partial charge in [-0.05, 0) is 35.6 Å². The maximum absolute atomic E-state index is 3.48. The van der Waals surface area contributed by atoms with Crippen LogP contribution in [0.25, 0.3) is 11.1 Å². The molecule has 1 aliphatic heterocycles. The predicted octanol–water partition coefficient (Wildman–Crippen LogP) is 4.65. The Morgan fingerprint density at radius 3 is 2.24 bits per heavy atom. The number of nitrogens with zero attached hydrogens (tertiary/aromatic N) is 1. The molecule has 4 rings (SSSR count). The van der Waals surface area contributed by atoms with Crippen LogP contribution in [0.5, 0.6) is 0 Å². The van der Waals surface area contributed by atoms with Crippen molar-refractivity contribution >= 4 is 24.8 Å². The van der Waals surface area contributed by atoms with Crippen LogP contribution in [0, 0.1) is 0 Å². The molecular weight excluding hydrogens is 351 g/mol. The van der Waals surface area contributed by atoms with Gasteiger partial charge in [0.25, 0.3) is 0 Å². The number of rotatable bonds is 3. The summed E-state index contributed by atoms with van der Waals surface area (Å²) in [5.41, 5.74) is 4.14. The minimum absolute atomic E-state index is 0. The highest BCUT2D eigenvalue weighted by Crippen LogP contribution is 2.40. The second-order valence-electron chi connectivity index (χ2n) is 6.55. The largest absolute Gasteiger partial charge is 0.314 e. The second-order valence-corrected chi connectivity index (χ2v) is 6.55. The van der Waals surface area contributed by atoms with E-state index in [4.69, 9.17) is 0 Å². The van der Waals surface area contributed by atoms with Gasteiger partial charge in [0.1, 0.15) is 0 Å². The van der Waals surface area contributed by atoms with Crippen molar-refractivity contribution in [3.63, 3.8) is 0 Å². The molecule has 1 atom stereocenters. The highest BCUT2D eigenvalue weighted by Gasteiger charge is 2.38. The molecule has 2 aromatic carbocycles. The summed E-state index contributed by atoms with van der Waals surface area (Å²) < 4.78 is 0. The minimum Gasteiger partial charge on any atom is -0.314 e. The van der Waals surface area contributed by atoms with E-state index in [1.165, 1.54) is 29.5 Å². The Morgan fingerprint density at radius 2 is 1.56 bits per heavy atom. The van der Waals surface area contributed by atoms with Crippen molar-refractivity contribution in [2.24, 2.45) is 0 Å². The Morgan fingerprint density at radius 1 is 0.840 bits per heavy atom. The van der Waals surface area contributed by atoms with E-state index in [0.29, 0.717) is 0 Å². The quantitative estimate of drug-likeness (QED) is 0.784. The van der Waals surface area contributed by atoms with E-state index < -0.39 is 0 Å². The number of piperazine rings is 1. The summed E-state index contributed by atoms with van der Waals surface area (Å²) in [6, 6.07) is 19.8. The number of hydrogen-bond donors (Lipinski definition) is 1. The topological polar surface area (TPSA) is 15.3 Å². The summed E-state index contributed by atoms with van der Waals surface area (Å²) in [5.74, 6) is 0. The molecule has 1 N–H and O–H groups in total. The van der Waals surface area contributed by atoms with Gasteiger partial charge in [0.2, 0.25) is 0 Å². The van der Waals surface area contributed by atoms with Crippen LogP contribution in [-0.4, -0.2) is 31.1 Å². The third-order valence-electron chi connectivity index (χ3n) is 5.24. The average Bonchev–Trinajstić information content (AvgIpc) is 3.15. The Hall–Kier alpha value is -1.32. The van der Waals surface area contributed by atoms with Gasteiger partial charge in [0, 0.05) is 26.2 Å². The summed E-state index contributed by atoms with van der Waals surface area (Å²) >= 11 is 0. The number of benzene rings is 2. The molecule has 1 heterocycles. The molecule has 134 valence electrons. The molecule has 25 heavy (non-hydrogen) atoms. The Kier molecular flexibility index (Phi) is 7.09. The third kappa shape index (κ3) is 3.93. The second kappa shape index (κ2) is 8.86. The summed E-state index contributed by atoms with van der Waals surface area (Å²) in [5, 5.41) is 3.48. The molecule has 0 amide bonds. The van der Waals surface area contributed by atoms with E-state index in [-0.39, 0.29) is 30.4 Å². The van der Waals surface area contributed by atoms with Gasteiger partial charge in [0.15, 0.2) is 0 Å². The van der Waals surface area contributed by atoms with Gasteiger partial charge in [0.05, 0.1) is 5.54 Å². The SMILES string of the molecule is C1=CC(c2cccc(-c3ccccc3)c2)(N2CCNCC2)CC1.Cl.Cl. The standard InChI is InChI=1S/C21H24N2.2ClH/c1-2-7-18(8-3-1)19-9-6-10-20(17-19)21(11-4-5-12-21)23-15-13-22-14-16-23;;/h1-4,6-11,17,22H,5,12-16H2;2*1H. The lowest BCUT2D eigenvalue weighted by atomic mass is 9.85. The molecule has 4 heteroatoms. The highest BCUT2D eigenvalue weighted by molar-refractivity contribution is 5.85. The Labute approximate surface area is 163 Å². The number of nitrogens with one attached hydrogen (secondary N) is 1. The molecule has 0 bridgehead atoms. The first-order chi connectivity index (χ1) is 11.4. The van der Waals surface area contributed by atoms with Gasteiger partial charge in [-0.2, -0.15) is 0 Å². The highest BCUT2D eigenvalue weighted by atomic mass is 35.5. The summed E-state index contributed by atoms with van der Waals surface area (Å²) in [7, 11) is 0. The fourth-order valence-electron chi connectivity index (χ4n) is 4.01. The van der Waals surface area contributed by atoms with Crippen LogP contribution in [0.4, 0.5) is 0 Å². The number of allylic oxidation sites excluding steroid dienone is 1. The molecule has 0 spiro atoms. The molecule has 1 fully saturated rings. The lowest BCUT2D eigenvalue weighted by Gasteiger charge is -2.43. The van der Waals surface area contributed by atoms with Gasteiger partial charge >= 0.3 is 0 Å². The Balaban J connectivity index is 0.00000113. The number of halogens is 2. The molecule has 0 aromatic heterocycles. The van der Waals surface area contributed by atoms with Crippen molar-refractivity contribution in [3.05, 3.63) is 72.3 Å². The first-order valence-corrected chi connectivity index (χ1v) is 8.68.